The van der Waals surface area contributed by atoms with Gasteiger partial charge in [0.25, 0.3) is 0 Å². The number of nitrogens with zero attached hydrogens (tertiary/aromatic N) is 6. The molecule has 31 heavy (non-hydrogen) atoms. The van der Waals surface area contributed by atoms with E-state index in [-0.39, 0.29) is 0 Å². The van der Waals surface area contributed by atoms with Crippen LogP contribution in [0.1, 0.15) is 0 Å². The lowest BCUT2D eigenvalue weighted by molar-refractivity contribution is 0.0572. The van der Waals surface area contributed by atoms with E-state index < -0.39 is 12.2 Å². The number of nitrogen functional groups attached to an aromatic ring is 1. The summed E-state index contributed by atoms with van der Waals surface area (Å²) in [5, 5.41) is 28.8. The Hall–Kier alpha value is -3.21. The van der Waals surface area contributed by atoms with Gasteiger partial charge in [-0.3, -0.25) is 0 Å². The van der Waals surface area contributed by atoms with Crippen LogP contribution in [-0.4, -0.2) is 60.7 Å². The quantitative estimate of drug-likeness (QED) is 0.403. The lowest BCUT2D eigenvalue weighted by Gasteiger charge is -2.15. The third-order valence-electron chi connectivity index (χ3n) is 5.26. The molecule has 9 nitrogen and oxygen atoms in total. The molecular formula is C21H18BrN7O2. The summed E-state index contributed by atoms with van der Waals surface area (Å²) >= 11 is 3.51. The number of rotatable bonds is 3. The average molecular weight is 480 g/mol. The predicted octanol–water partition coefficient (Wildman–Crippen LogP) is 2.04. The van der Waals surface area contributed by atoms with Crippen molar-refractivity contribution < 1.29 is 10.2 Å². The van der Waals surface area contributed by atoms with Crippen molar-refractivity contribution in [3.05, 3.63) is 53.3 Å². The third kappa shape index (κ3) is 3.69. The maximum absolute atomic E-state index is 9.77. The van der Waals surface area contributed by atoms with Crippen molar-refractivity contribution in [1.29, 1.82) is 0 Å². The molecule has 0 bridgehead atoms. The zero-order chi connectivity index (χ0) is 21.5. The van der Waals surface area contributed by atoms with Crippen molar-refractivity contribution >= 4 is 38.6 Å². The maximum atomic E-state index is 9.77. The van der Waals surface area contributed by atoms with Crippen LogP contribution in [0.15, 0.2) is 53.3 Å². The van der Waals surface area contributed by atoms with Gasteiger partial charge >= 0.3 is 0 Å². The number of β-amino-alcohol motifs (C(OH)–C–C–N with tert-alkyl or cyclic N) is 2. The third-order valence-corrected chi connectivity index (χ3v) is 5.76. The van der Waals surface area contributed by atoms with Crippen molar-refractivity contribution in [1.82, 2.24) is 25.1 Å². The molecule has 10 heteroatoms. The second kappa shape index (κ2) is 7.80. The van der Waals surface area contributed by atoms with E-state index in [0.29, 0.717) is 47.1 Å². The number of hydrogen-bond acceptors (Lipinski definition) is 9. The van der Waals surface area contributed by atoms with E-state index in [1.54, 1.807) is 11.0 Å². The molecule has 3 aromatic heterocycles. The molecule has 4 heterocycles. The molecule has 1 aliphatic rings. The van der Waals surface area contributed by atoms with E-state index in [2.05, 4.69) is 41.1 Å². The Labute approximate surface area is 185 Å². The van der Waals surface area contributed by atoms with Crippen molar-refractivity contribution in [3.63, 3.8) is 0 Å². The number of hydrogen-bond donors (Lipinski definition) is 3. The summed E-state index contributed by atoms with van der Waals surface area (Å²) in [6.45, 7) is 0.624. The van der Waals surface area contributed by atoms with E-state index in [1.807, 2.05) is 36.4 Å². The Balaban J connectivity index is 1.59. The molecule has 4 aromatic rings. The fraction of sp³-hybridized carbons (Fsp3) is 0.190. The van der Waals surface area contributed by atoms with Crippen LogP contribution in [-0.2, 0) is 0 Å². The fourth-order valence-electron chi connectivity index (χ4n) is 3.69. The number of aliphatic hydroxyl groups excluding tert-OH is 2. The summed E-state index contributed by atoms with van der Waals surface area (Å²) in [5.41, 5.74) is 9.57. The van der Waals surface area contributed by atoms with Crippen LogP contribution in [0.25, 0.3) is 33.5 Å². The number of fused-ring (bicyclic) bond motifs is 1. The number of halogens is 1. The number of nitrogens with two attached hydrogens (primary N) is 1. The van der Waals surface area contributed by atoms with Gasteiger partial charge in [0.15, 0.2) is 11.5 Å². The minimum atomic E-state index is -0.790. The van der Waals surface area contributed by atoms with Gasteiger partial charge in [0, 0.05) is 17.6 Å². The minimum absolute atomic E-state index is 0.312. The molecule has 1 fully saturated rings. The summed E-state index contributed by atoms with van der Waals surface area (Å²) in [6, 6.07) is 13.4. The van der Waals surface area contributed by atoms with Gasteiger partial charge < -0.3 is 20.8 Å². The summed E-state index contributed by atoms with van der Waals surface area (Å²) in [6.07, 6.45) is -0.194. The van der Waals surface area contributed by atoms with Crippen molar-refractivity contribution in [3.8, 4) is 22.5 Å². The van der Waals surface area contributed by atoms with Crippen LogP contribution in [0.3, 0.4) is 0 Å². The second-order valence-corrected chi connectivity index (χ2v) is 8.26. The maximum Gasteiger partial charge on any atom is 0.165 e. The summed E-state index contributed by atoms with van der Waals surface area (Å²) in [5.74, 6) is 0.936. The van der Waals surface area contributed by atoms with Gasteiger partial charge in [-0.2, -0.15) is 0 Å². The summed E-state index contributed by atoms with van der Waals surface area (Å²) in [4.78, 5) is 14.9. The van der Waals surface area contributed by atoms with Crippen LogP contribution in [0.4, 0.5) is 11.6 Å². The first-order valence-corrected chi connectivity index (χ1v) is 10.4. The van der Waals surface area contributed by atoms with Crippen molar-refractivity contribution in [2.24, 2.45) is 0 Å². The number of aromatic nitrogens is 5. The Morgan fingerprint density at radius 3 is 2.48 bits per heavy atom. The molecular weight excluding hydrogens is 462 g/mol. The van der Waals surface area contributed by atoms with E-state index in [9.17, 15) is 10.2 Å². The Morgan fingerprint density at radius 1 is 0.968 bits per heavy atom. The molecule has 0 unspecified atom stereocenters. The minimum Gasteiger partial charge on any atom is -0.389 e. The fourth-order valence-corrected chi connectivity index (χ4v) is 4.09. The van der Waals surface area contributed by atoms with Crippen LogP contribution in [0.2, 0.25) is 0 Å². The molecule has 0 amide bonds. The predicted molar refractivity (Wildman–Crippen MR) is 120 cm³/mol. The number of anilines is 2. The molecule has 0 saturated carbocycles. The molecule has 0 aliphatic carbocycles. The normalized spacial score (nSPS) is 18.6. The van der Waals surface area contributed by atoms with E-state index in [1.165, 1.54) is 6.33 Å². The molecule has 1 aromatic carbocycles. The first-order chi connectivity index (χ1) is 15.0. The highest BCUT2D eigenvalue weighted by molar-refractivity contribution is 9.10. The number of pyridine rings is 1. The zero-order valence-electron chi connectivity index (χ0n) is 16.2. The molecule has 1 saturated heterocycles. The largest absolute Gasteiger partial charge is 0.389 e. The van der Waals surface area contributed by atoms with Gasteiger partial charge in [-0.05, 0) is 41.5 Å². The van der Waals surface area contributed by atoms with Gasteiger partial charge in [-0.1, -0.05) is 28.1 Å². The molecule has 156 valence electrons. The van der Waals surface area contributed by atoms with E-state index >= 15 is 0 Å². The zero-order valence-corrected chi connectivity index (χ0v) is 17.8. The Morgan fingerprint density at radius 2 is 1.77 bits per heavy atom. The number of benzene rings is 1. The lowest BCUT2D eigenvalue weighted by atomic mass is 10.0. The van der Waals surface area contributed by atoms with Gasteiger partial charge in [-0.15, -0.1) is 10.2 Å². The first-order valence-electron chi connectivity index (χ1n) is 9.62. The Kier molecular flexibility index (Phi) is 4.97. The number of aliphatic hydroxyl groups is 2. The monoisotopic (exact) mass is 479 g/mol. The van der Waals surface area contributed by atoms with E-state index in [0.717, 1.165) is 15.6 Å². The molecule has 4 N–H and O–H groups in total. The van der Waals surface area contributed by atoms with Gasteiger partial charge in [-0.25, -0.2) is 15.0 Å². The summed E-state index contributed by atoms with van der Waals surface area (Å²) < 4.78 is 0.936. The summed E-state index contributed by atoms with van der Waals surface area (Å²) in [7, 11) is 0. The molecule has 5 rings (SSSR count). The molecule has 0 spiro atoms. The average Bonchev–Trinajstić information content (AvgIpc) is 3.11. The van der Waals surface area contributed by atoms with Gasteiger partial charge in [0.2, 0.25) is 0 Å². The molecule has 1 aliphatic heterocycles. The first kappa shape index (κ1) is 19.7. The van der Waals surface area contributed by atoms with Crippen molar-refractivity contribution in [2.45, 2.75) is 12.2 Å². The van der Waals surface area contributed by atoms with Gasteiger partial charge in [0.05, 0.1) is 23.3 Å². The smallest absolute Gasteiger partial charge is 0.165 e. The van der Waals surface area contributed by atoms with Crippen LogP contribution in [0.5, 0.6) is 0 Å². The molecule has 0 radical (unpaired) electrons. The lowest BCUT2D eigenvalue weighted by Crippen LogP contribution is -2.22. The van der Waals surface area contributed by atoms with Crippen molar-refractivity contribution in [2.75, 3.05) is 23.7 Å². The highest BCUT2D eigenvalue weighted by atomic mass is 79.9. The second-order valence-electron chi connectivity index (χ2n) is 7.34. The van der Waals surface area contributed by atoms with Gasteiger partial charge in [0.1, 0.15) is 17.8 Å². The standard InChI is InChI=1S/C21H18BrN7O2/c22-12-3-1-2-11(6-12)13-7-15(26-21-19(13)20(23)24-10-25-21)14-4-5-18(28-27-14)29-8-16(30)17(31)9-29/h1-7,10,16-17,30-31H,8-9H2,(H2,23,24,25,26)/t16-,17-/m1/s1. The van der Waals surface area contributed by atoms with Crippen LogP contribution < -0.4 is 10.6 Å². The topological polar surface area (TPSA) is 134 Å². The highest BCUT2D eigenvalue weighted by Crippen LogP contribution is 2.34. The molecule has 2 atom stereocenters. The van der Waals surface area contributed by atoms with Crippen LogP contribution in [0, 0.1) is 0 Å². The van der Waals surface area contributed by atoms with Crippen LogP contribution >= 0.6 is 15.9 Å². The highest BCUT2D eigenvalue weighted by Gasteiger charge is 2.30. The Bertz CT molecular complexity index is 1260. The van der Waals surface area contributed by atoms with E-state index in [4.69, 9.17) is 5.73 Å². The SMILES string of the molecule is Nc1ncnc2nc(-c3ccc(N4C[C@@H](O)[C@H](O)C4)nn3)cc(-c3cccc(Br)c3)c12.